The highest BCUT2D eigenvalue weighted by molar-refractivity contribution is 6.32. The van der Waals surface area contributed by atoms with Crippen LogP contribution in [0.3, 0.4) is 0 Å². The zero-order chi connectivity index (χ0) is 18.8. The van der Waals surface area contributed by atoms with E-state index in [-0.39, 0.29) is 16.5 Å². The number of benzene rings is 2. The summed E-state index contributed by atoms with van der Waals surface area (Å²) in [5.74, 6) is -1.38. The van der Waals surface area contributed by atoms with Crippen LogP contribution in [0.25, 0.3) is 5.69 Å². The van der Waals surface area contributed by atoms with E-state index in [0.29, 0.717) is 5.69 Å². The van der Waals surface area contributed by atoms with Crippen molar-refractivity contribution in [2.24, 2.45) is 0 Å². The summed E-state index contributed by atoms with van der Waals surface area (Å²) in [7, 11) is 0. The maximum Gasteiger partial charge on any atom is 0.368 e. The van der Waals surface area contributed by atoms with E-state index >= 15 is 0 Å². The number of halogens is 2. The van der Waals surface area contributed by atoms with Crippen LogP contribution < -0.4 is 10.2 Å². The molecular weight excluding hydrogens is 359 g/mol. The van der Waals surface area contributed by atoms with Crippen LogP contribution in [-0.4, -0.2) is 15.7 Å². The molecule has 1 heterocycles. The molecule has 0 fully saturated rings. The Hall–Kier alpha value is -2.99. The van der Waals surface area contributed by atoms with Gasteiger partial charge in [0.15, 0.2) is 0 Å². The first-order valence-corrected chi connectivity index (χ1v) is 8.09. The highest BCUT2D eigenvalue weighted by Crippen LogP contribution is 2.25. The Morgan fingerprint density at radius 1 is 1.15 bits per heavy atom. The van der Waals surface area contributed by atoms with E-state index in [2.05, 4.69) is 5.10 Å². The van der Waals surface area contributed by atoms with Crippen LogP contribution in [0, 0.1) is 19.7 Å². The van der Waals surface area contributed by atoms with E-state index < -0.39 is 22.9 Å². The molecule has 3 aromatic rings. The number of ether oxygens (including phenoxy) is 1. The van der Waals surface area contributed by atoms with Crippen LogP contribution in [0.1, 0.15) is 21.7 Å². The van der Waals surface area contributed by atoms with Gasteiger partial charge in [-0.25, -0.2) is 13.9 Å². The molecule has 0 radical (unpaired) electrons. The lowest BCUT2D eigenvalue weighted by Crippen LogP contribution is -2.26. The monoisotopic (exact) mass is 372 g/mol. The van der Waals surface area contributed by atoms with Crippen molar-refractivity contribution < 1.29 is 13.9 Å². The number of carbonyl (C=O) groups is 1. The minimum absolute atomic E-state index is 0.118. The topological polar surface area (TPSA) is 61.2 Å². The summed E-state index contributed by atoms with van der Waals surface area (Å²) >= 11 is 6.01. The molecule has 0 bridgehead atoms. The van der Waals surface area contributed by atoms with E-state index in [9.17, 15) is 14.0 Å². The first kappa shape index (κ1) is 17.8. The summed E-state index contributed by atoms with van der Waals surface area (Å²) in [6, 6.07) is 12.0. The Kier molecular flexibility index (Phi) is 4.86. The summed E-state index contributed by atoms with van der Waals surface area (Å²) < 4.78 is 20.5. The third-order valence-electron chi connectivity index (χ3n) is 3.67. The fourth-order valence-electron chi connectivity index (χ4n) is 2.39. The third kappa shape index (κ3) is 3.50. The van der Waals surface area contributed by atoms with Crippen molar-refractivity contribution in [2.75, 3.05) is 0 Å². The van der Waals surface area contributed by atoms with Crippen LogP contribution in [0.2, 0.25) is 5.02 Å². The van der Waals surface area contributed by atoms with Gasteiger partial charge in [-0.15, -0.1) is 0 Å². The molecule has 0 saturated carbocycles. The molecule has 0 aliphatic rings. The van der Waals surface area contributed by atoms with Crippen molar-refractivity contribution in [3.05, 3.63) is 86.5 Å². The number of hydrogen-bond acceptors (Lipinski definition) is 4. The van der Waals surface area contributed by atoms with Crippen LogP contribution >= 0.6 is 11.6 Å². The van der Waals surface area contributed by atoms with Crippen molar-refractivity contribution in [2.45, 2.75) is 13.8 Å². The number of para-hydroxylation sites is 1. The standard InChI is InChI=1S/C19H14ClFN2O3/c1-11-7-8-13(20)17(9-11)26-19(25)18-16(24)10-12(2)23(22-18)15-6-4-3-5-14(15)21/h3-10H,1-2H3. The third-order valence-corrected chi connectivity index (χ3v) is 3.98. The van der Waals surface area contributed by atoms with Gasteiger partial charge >= 0.3 is 5.97 Å². The molecule has 1 aromatic heterocycles. The van der Waals surface area contributed by atoms with Crippen molar-refractivity contribution in [3.8, 4) is 11.4 Å². The molecule has 0 aliphatic carbocycles. The van der Waals surface area contributed by atoms with Gasteiger partial charge in [-0.1, -0.05) is 29.8 Å². The van der Waals surface area contributed by atoms with Crippen LogP contribution in [0.15, 0.2) is 53.3 Å². The molecule has 7 heteroatoms. The molecule has 0 aliphatic heterocycles. The van der Waals surface area contributed by atoms with Gasteiger partial charge in [-0.05, 0) is 43.7 Å². The Labute approximate surface area is 153 Å². The number of aromatic nitrogens is 2. The predicted octanol–water partition coefficient (Wildman–Crippen LogP) is 3.86. The lowest BCUT2D eigenvalue weighted by atomic mass is 10.2. The zero-order valence-corrected chi connectivity index (χ0v) is 14.7. The highest BCUT2D eigenvalue weighted by atomic mass is 35.5. The van der Waals surface area contributed by atoms with Crippen molar-refractivity contribution >= 4 is 17.6 Å². The van der Waals surface area contributed by atoms with E-state index in [1.807, 2.05) is 6.92 Å². The average molecular weight is 373 g/mol. The highest BCUT2D eigenvalue weighted by Gasteiger charge is 2.19. The fraction of sp³-hybridized carbons (Fsp3) is 0.105. The largest absolute Gasteiger partial charge is 0.420 e. The Balaban J connectivity index is 2.04. The van der Waals surface area contributed by atoms with Gasteiger partial charge in [0, 0.05) is 11.8 Å². The number of carbonyl (C=O) groups excluding carboxylic acids is 1. The maximum atomic E-state index is 14.1. The second kappa shape index (κ2) is 7.09. The molecule has 0 amide bonds. The van der Waals surface area contributed by atoms with E-state index in [1.54, 1.807) is 31.2 Å². The number of nitrogens with zero attached hydrogens (tertiary/aromatic N) is 2. The molecule has 5 nitrogen and oxygen atoms in total. The molecule has 0 saturated heterocycles. The normalized spacial score (nSPS) is 10.6. The molecule has 0 atom stereocenters. The quantitative estimate of drug-likeness (QED) is 0.517. The molecule has 0 N–H and O–H groups in total. The van der Waals surface area contributed by atoms with Crippen LogP contribution in [0.5, 0.6) is 5.75 Å². The second-order valence-corrected chi connectivity index (χ2v) is 6.09. The Morgan fingerprint density at radius 3 is 2.62 bits per heavy atom. The minimum Gasteiger partial charge on any atom is -0.420 e. The van der Waals surface area contributed by atoms with Crippen molar-refractivity contribution in [3.63, 3.8) is 0 Å². The number of esters is 1. The summed E-state index contributed by atoms with van der Waals surface area (Å²) in [4.78, 5) is 24.6. The van der Waals surface area contributed by atoms with Crippen molar-refractivity contribution in [1.82, 2.24) is 9.78 Å². The molecule has 2 aromatic carbocycles. The van der Waals surface area contributed by atoms with Crippen LogP contribution in [0.4, 0.5) is 4.39 Å². The van der Waals surface area contributed by atoms with Gasteiger partial charge in [0.2, 0.25) is 11.1 Å². The molecular formula is C19H14ClFN2O3. The second-order valence-electron chi connectivity index (χ2n) is 5.69. The first-order valence-electron chi connectivity index (χ1n) is 7.71. The van der Waals surface area contributed by atoms with E-state index in [0.717, 1.165) is 5.56 Å². The van der Waals surface area contributed by atoms with E-state index in [1.165, 1.54) is 28.9 Å². The molecule has 3 rings (SSSR count). The Bertz CT molecular complexity index is 1060. The van der Waals surface area contributed by atoms with Gasteiger partial charge in [0.05, 0.1) is 5.02 Å². The minimum atomic E-state index is -0.965. The number of rotatable bonds is 3. The Morgan fingerprint density at radius 2 is 1.88 bits per heavy atom. The summed E-state index contributed by atoms with van der Waals surface area (Å²) in [5.41, 5.74) is 0.246. The van der Waals surface area contributed by atoms with Gasteiger partial charge in [-0.3, -0.25) is 4.79 Å². The first-order chi connectivity index (χ1) is 12.4. The zero-order valence-electron chi connectivity index (χ0n) is 14.0. The molecule has 26 heavy (non-hydrogen) atoms. The van der Waals surface area contributed by atoms with Crippen LogP contribution in [-0.2, 0) is 0 Å². The lowest BCUT2D eigenvalue weighted by molar-refractivity contribution is 0.0725. The number of hydrogen-bond donors (Lipinski definition) is 0. The van der Waals surface area contributed by atoms with Gasteiger partial charge in [-0.2, -0.15) is 5.10 Å². The molecule has 132 valence electrons. The SMILES string of the molecule is Cc1ccc(Cl)c(OC(=O)c2nn(-c3ccccc3F)c(C)cc2=O)c1. The van der Waals surface area contributed by atoms with Crippen molar-refractivity contribution in [1.29, 1.82) is 0 Å². The summed E-state index contributed by atoms with van der Waals surface area (Å²) in [6.45, 7) is 3.40. The van der Waals surface area contributed by atoms with E-state index in [4.69, 9.17) is 16.3 Å². The summed E-state index contributed by atoms with van der Waals surface area (Å²) in [5, 5.41) is 4.22. The van der Waals surface area contributed by atoms with Gasteiger partial charge in [0.25, 0.3) is 0 Å². The summed E-state index contributed by atoms with van der Waals surface area (Å²) in [6.07, 6.45) is 0. The van der Waals surface area contributed by atoms with Gasteiger partial charge < -0.3 is 4.74 Å². The fourth-order valence-corrected chi connectivity index (χ4v) is 2.55. The maximum absolute atomic E-state index is 14.1. The molecule has 0 unspecified atom stereocenters. The molecule has 0 spiro atoms. The number of aryl methyl sites for hydroxylation is 2. The van der Waals surface area contributed by atoms with Gasteiger partial charge in [0.1, 0.15) is 17.3 Å². The predicted molar refractivity (Wildman–Crippen MR) is 95.7 cm³/mol. The lowest BCUT2D eigenvalue weighted by Gasteiger charge is -2.12. The smallest absolute Gasteiger partial charge is 0.368 e. The average Bonchev–Trinajstić information content (AvgIpc) is 2.59.